The van der Waals surface area contributed by atoms with Gasteiger partial charge in [-0.1, -0.05) is 31.5 Å². The number of hydrogen-bond donors (Lipinski definition) is 1. The summed E-state index contributed by atoms with van der Waals surface area (Å²) in [6.07, 6.45) is 4.89. The zero-order valence-electron chi connectivity index (χ0n) is 10.5. The lowest BCUT2D eigenvalue weighted by Gasteiger charge is -2.13. The molecule has 2 rings (SSSR count). The van der Waals surface area contributed by atoms with E-state index in [0.29, 0.717) is 12.3 Å². The first-order valence-corrected chi connectivity index (χ1v) is 6.27. The summed E-state index contributed by atoms with van der Waals surface area (Å²) in [7, 11) is 0. The number of aromatic nitrogens is 1. The zero-order chi connectivity index (χ0) is 12.3. The monoisotopic (exact) mass is 229 g/mol. The van der Waals surface area contributed by atoms with Gasteiger partial charge in [-0.2, -0.15) is 0 Å². The third kappa shape index (κ3) is 2.57. The molecule has 17 heavy (non-hydrogen) atoms. The number of H-pyrrole nitrogens is 1. The molecule has 1 aromatic heterocycles. The molecular formula is C15H19NO. The number of hydrogen-bond acceptors (Lipinski definition) is 1. The molecule has 2 heteroatoms. The minimum atomic E-state index is 0.272. The van der Waals surface area contributed by atoms with Crippen molar-refractivity contribution in [2.75, 3.05) is 0 Å². The third-order valence-electron chi connectivity index (χ3n) is 3.23. The average Bonchev–Trinajstić information content (AvgIpc) is 2.71. The van der Waals surface area contributed by atoms with Crippen LogP contribution < -0.4 is 0 Å². The van der Waals surface area contributed by atoms with Crippen LogP contribution in [0.15, 0.2) is 30.5 Å². The van der Waals surface area contributed by atoms with Crippen molar-refractivity contribution in [3.05, 3.63) is 36.0 Å². The van der Waals surface area contributed by atoms with Crippen molar-refractivity contribution in [3.63, 3.8) is 0 Å². The van der Waals surface area contributed by atoms with Crippen LogP contribution in [-0.4, -0.2) is 10.8 Å². The van der Waals surface area contributed by atoms with E-state index in [1.807, 2.05) is 6.07 Å². The van der Waals surface area contributed by atoms with Crippen molar-refractivity contribution in [2.45, 2.75) is 39.0 Å². The van der Waals surface area contributed by atoms with E-state index < -0.39 is 0 Å². The van der Waals surface area contributed by atoms with Crippen molar-refractivity contribution >= 4 is 16.7 Å². The normalized spacial score (nSPS) is 12.8. The van der Waals surface area contributed by atoms with Gasteiger partial charge in [-0.15, -0.1) is 0 Å². The molecule has 1 aromatic carbocycles. The SMILES string of the molecule is CCCC(CC(C)=O)c1c[nH]c2ccccc12. The molecule has 1 heterocycles. The number of benzene rings is 1. The summed E-state index contributed by atoms with van der Waals surface area (Å²) < 4.78 is 0. The molecule has 0 bridgehead atoms. The summed E-state index contributed by atoms with van der Waals surface area (Å²) in [4.78, 5) is 14.6. The predicted molar refractivity (Wildman–Crippen MR) is 71.2 cm³/mol. The van der Waals surface area contributed by atoms with Crippen molar-refractivity contribution in [1.29, 1.82) is 0 Å². The summed E-state index contributed by atoms with van der Waals surface area (Å²) in [6, 6.07) is 8.29. The van der Waals surface area contributed by atoms with Crippen LogP contribution in [0, 0.1) is 0 Å². The van der Waals surface area contributed by atoms with Crippen molar-refractivity contribution in [1.82, 2.24) is 4.98 Å². The molecule has 0 aliphatic heterocycles. The van der Waals surface area contributed by atoms with Crippen LogP contribution in [0.25, 0.3) is 10.9 Å². The summed E-state index contributed by atoms with van der Waals surface area (Å²) in [5, 5.41) is 1.26. The minimum Gasteiger partial charge on any atom is -0.361 e. The van der Waals surface area contributed by atoms with Crippen LogP contribution in [0.2, 0.25) is 0 Å². The van der Waals surface area contributed by atoms with E-state index in [1.165, 1.54) is 10.9 Å². The van der Waals surface area contributed by atoms with Gasteiger partial charge in [0.25, 0.3) is 0 Å². The Morgan fingerprint density at radius 1 is 1.35 bits per heavy atom. The molecule has 0 radical (unpaired) electrons. The first-order valence-electron chi connectivity index (χ1n) is 6.27. The quantitative estimate of drug-likeness (QED) is 0.825. The van der Waals surface area contributed by atoms with E-state index in [-0.39, 0.29) is 5.78 Å². The van der Waals surface area contributed by atoms with Gasteiger partial charge in [-0.25, -0.2) is 0 Å². The Morgan fingerprint density at radius 3 is 2.82 bits per heavy atom. The number of Topliss-reactive ketones (excluding diaryl/α,β-unsaturated/α-hetero) is 1. The maximum atomic E-state index is 11.4. The summed E-state index contributed by atoms with van der Waals surface area (Å²) in [6.45, 7) is 3.85. The highest BCUT2D eigenvalue weighted by Crippen LogP contribution is 2.31. The van der Waals surface area contributed by atoms with Crippen LogP contribution in [-0.2, 0) is 4.79 Å². The van der Waals surface area contributed by atoms with Crippen LogP contribution in [0.1, 0.15) is 44.6 Å². The van der Waals surface area contributed by atoms with Gasteiger partial charge >= 0.3 is 0 Å². The van der Waals surface area contributed by atoms with Gasteiger partial charge < -0.3 is 9.78 Å². The Kier molecular flexibility index (Phi) is 3.62. The predicted octanol–water partition coefficient (Wildman–Crippen LogP) is 4.03. The number of rotatable bonds is 5. The van der Waals surface area contributed by atoms with Crippen molar-refractivity contribution in [2.24, 2.45) is 0 Å². The highest BCUT2D eigenvalue weighted by atomic mass is 16.1. The molecule has 2 nitrogen and oxygen atoms in total. The second kappa shape index (κ2) is 5.17. The molecule has 90 valence electrons. The van der Waals surface area contributed by atoms with E-state index in [1.54, 1.807) is 6.92 Å². The van der Waals surface area contributed by atoms with Gasteiger partial charge in [-0.3, -0.25) is 0 Å². The van der Waals surface area contributed by atoms with Crippen LogP contribution in [0.4, 0.5) is 0 Å². The number of carbonyl (C=O) groups is 1. The van der Waals surface area contributed by atoms with E-state index >= 15 is 0 Å². The molecule has 0 aliphatic rings. The van der Waals surface area contributed by atoms with E-state index in [4.69, 9.17) is 0 Å². The highest BCUT2D eigenvalue weighted by molar-refractivity contribution is 5.85. The minimum absolute atomic E-state index is 0.272. The number of aromatic amines is 1. The molecule has 0 aliphatic carbocycles. The molecule has 1 unspecified atom stereocenters. The van der Waals surface area contributed by atoms with Crippen LogP contribution in [0.3, 0.4) is 0 Å². The van der Waals surface area contributed by atoms with Gasteiger partial charge in [0, 0.05) is 23.5 Å². The molecule has 0 amide bonds. The zero-order valence-corrected chi connectivity index (χ0v) is 10.5. The molecule has 1 atom stereocenters. The van der Waals surface area contributed by atoms with Gasteiger partial charge in [-0.05, 0) is 30.9 Å². The van der Waals surface area contributed by atoms with Gasteiger partial charge in [0.2, 0.25) is 0 Å². The number of para-hydroxylation sites is 1. The standard InChI is InChI=1S/C15H19NO/c1-3-6-12(9-11(2)17)14-10-16-15-8-5-4-7-13(14)15/h4-5,7-8,10,12,16H,3,6,9H2,1-2H3. The second-order valence-electron chi connectivity index (χ2n) is 4.68. The third-order valence-corrected chi connectivity index (χ3v) is 3.23. The molecule has 1 N–H and O–H groups in total. The fourth-order valence-corrected chi connectivity index (χ4v) is 2.49. The molecular weight excluding hydrogens is 210 g/mol. The first-order chi connectivity index (χ1) is 8.22. The molecule has 0 fully saturated rings. The fourth-order valence-electron chi connectivity index (χ4n) is 2.49. The molecule has 2 aromatic rings. The second-order valence-corrected chi connectivity index (χ2v) is 4.68. The highest BCUT2D eigenvalue weighted by Gasteiger charge is 2.16. The van der Waals surface area contributed by atoms with Crippen LogP contribution >= 0.6 is 0 Å². The number of nitrogens with one attached hydrogen (secondary N) is 1. The van der Waals surface area contributed by atoms with Crippen LogP contribution in [0.5, 0.6) is 0 Å². The fraction of sp³-hybridized carbons (Fsp3) is 0.400. The Labute approximate surface area is 102 Å². The van der Waals surface area contributed by atoms with E-state index in [9.17, 15) is 4.79 Å². The number of fused-ring (bicyclic) bond motifs is 1. The smallest absolute Gasteiger partial charge is 0.130 e. The van der Waals surface area contributed by atoms with Crippen molar-refractivity contribution < 1.29 is 4.79 Å². The largest absolute Gasteiger partial charge is 0.361 e. The molecule has 0 spiro atoms. The summed E-state index contributed by atoms with van der Waals surface area (Å²) in [5.41, 5.74) is 2.45. The number of carbonyl (C=O) groups excluding carboxylic acids is 1. The molecule has 0 saturated carbocycles. The van der Waals surface area contributed by atoms with Crippen molar-refractivity contribution in [3.8, 4) is 0 Å². The lowest BCUT2D eigenvalue weighted by molar-refractivity contribution is -0.117. The average molecular weight is 229 g/mol. The summed E-state index contributed by atoms with van der Waals surface area (Å²) >= 11 is 0. The van der Waals surface area contributed by atoms with E-state index in [2.05, 4.69) is 36.3 Å². The van der Waals surface area contributed by atoms with Gasteiger partial charge in [0.1, 0.15) is 5.78 Å². The van der Waals surface area contributed by atoms with Gasteiger partial charge in [0.15, 0.2) is 0 Å². The lowest BCUT2D eigenvalue weighted by atomic mass is 9.90. The van der Waals surface area contributed by atoms with E-state index in [0.717, 1.165) is 18.4 Å². The Hall–Kier alpha value is -1.57. The van der Waals surface area contributed by atoms with Gasteiger partial charge in [0.05, 0.1) is 0 Å². The topological polar surface area (TPSA) is 32.9 Å². The first kappa shape index (κ1) is 11.9. The lowest BCUT2D eigenvalue weighted by Crippen LogP contribution is -2.03. The Morgan fingerprint density at radius 2 is 2.12 bits per heavy atom. The Bertz CT molecular complexity index is 512. The maximum absolute atomic E-state index is 11.4. The maximum Gasteiger partial charge on any atom is 0.130 e. The molecule has 0 saturated heterocycles. The Balaban J connectivity index is 2.37. The summed E-state index contributed by atoms with van der Waals surface area (Å²) in [5.74, 6) is 0.627. The number of ketones is 1.